The lowest BCUT2D eigenvalue weighted by Crippen LogP contribution is -2.61. The van der Waals surface area contributed by atoms with Crippen LogP contribution in [-0.2, 0) is 22.4 Å². The molecule has 1 fully saturated rings. The Kier molecular flexibility index (Phi) is 3.97. The van der Waals surface area contributed by atoms with Gasteiger partial charge < -0.3 is 9.11 Å². The second kappa shape index (κ2) is 6.61. The highest BCUT2D eigenvalue weighted by Crippen LogP contribution is 2.62. The van der Waals surface area contributed by atoms with Crippen LogP contribution in [0.5, 0.6) is 0 Å². The Bertz CT molecular complexity index is 1090. The van der Waals surface area contributed by atoms with E-state index >= 15 is 0 Å². The zero-order chi connectivity index (χ0) is 20.3. The average molecular weight is 433 g/mol. The van der Waals surface area contributed by atoms with Gasteiger partial charge in [-0.1, -0.05) is 36.4 Å². The maximum atomic E-state index is 14.1. The van der Waals surface area contributed by atoms with Gasteiger partial charge in [0.05, 0.1) is 33.7 Å². The van der Waals surface area contributed by atoms with Crippen LogP contribution in [0.4, 0.5) is 23.0 Å². The third-order valence-corrected chi connectivity index (χ3v) is 9.72. The summed E-state index contributed by atoms with van der Waals surface area (Å²) < 4.78 is 26.9. The molecule has 2 atom stereocenters. The summed E-state index contributed by atoms with van der Waals surface area (Å²) in [7, 11) is 0. The van der Waals surface area contributed by atoms with Gasteiger partial charge in [0.1, 0.15) is 0 Å². The van der Waals surface area contributed by atoms with Crippen molar-refractivity contribution < 1.29 is 9.11 Å². The molecule has 2 aliphatic heterocycles. The predicted octanol–water partition coefficient (Wildman–Crippen LogP) is 4.06. The molecule has 1 aliphatic carbocycles. The van der Waals surface area contributed by atoms with Gasteiger partial charge in [-0.05, 0) is 42.8 Å². The van der Waals surface area contributed by atoms with Crippen molar-refractivity contribution in [2.24, 2.45) is 0 Å². The highest BCUT2D eigenvalue weighted by Gasteiger charge is 2.78. The normalized spacial score (nSPS) is 23.4. The monoisotopic (exact) mass is 432 g/mol. The zero-order valence-electron chi connectivity index (χ0n) is 15.7. The maximum absolute atomic E-state index is 14.1. The van der Waals surface area contributed by atoms with Crippen molar-refractivity contribution in [2.75, 3.05) is 9.80 Å². The number of para-hydroxylation sites is 2. The summed E-state index contributed by atoms with van der Waals surface area (Å²) in [5, 5.41) is 0. The number of rotatable bonds is 2. The molecule has 1 spiro atoms. The highest BCUT2D eigenvalue weighted by molar-refractivity contribution is 8.18. The van der Waals surface area contributed by atoms with Gasteiger partial charge >= 0.3 is 4.33 Å². The molecule has 0 bridgehead atoms. The van der Waals surface area contributed by atoms with E-state index in [1.807, 2.05) is 82.6 Å². The van der Waals surface area contributed by atoms with Gasteiger partial charge in [-0.3, -0.25) is 0 Å². The molecule has 3 heterocycles. The number of benzene rings is 2. The Balaban J connectivity index is 1.70. The van der Waals surface area contributed by atoms with E-state index in [0.29, 0.717) is 27.9 Å². The number of fused-ring (bicyclic) bond motifs is 2. The van der Waals surface area contributed by atoms with E-state index in [1.54, 1.807) is 12.4 Å². The number of aromatic nitrogens is 2. The summed E-state index contributed by atoms with van der Waals surface area (Å²) in [5.74, 6) is 1.07. The molecule has 3 aromatic rings. The fourth-order valence-electron chi connectivity index (χ4n) is 4.23. The first-order valence-corrected chi connectivity index (χ1v) is 11.8. The number of anilines is 4. The molecular formula is C22H16N4O2S2. The quantitative estimate of drug-likeness (QED) is 0.568. The van der Waals surface area contributed by atoms with Crippen LogP contribution < -0.4 is 9.80 Å². The molecule has 3 aliphatic rings. The Morgan fingerprint density at radius 3 is 1.57 bits per heavy atom. The predicted molar refractivity (Wildman–Crippen MR) is 119 cm³/mol. The summed E-state index contributed by atoms with van der Waals surface area (Å²) in [6.07, 6.45) is 7.69. The number of hydrogen-bond acceptors (Lipinski definition) is 6. The first-order chi connectivity index (χ1) is 14.7. The van der Waals surface area contributed by atoms with E-state index in [1.165, 1.54) is 0 Å². The summed E-state index contributed by atoms with van der Waals surface area (Å²) >= 11 is -3.23. The van der Waals surface area contributed by atoms with Crippen molar-refractivity contribution in [3.05, 3.63) is 95.0 Å². The van der Waals surface area contributed by atoms with Crippen LogP contribution in [0.2, 0.25) is 0 Å². The average Bonchev–Trinajstić information content (AvgIpc) is 3.45. The second-order valence-electron chi connectivity index (χ2n) is 7.00. The standard InChI is InChI=1S/C22H16N4O2S2/c27-29-18-12-7-13-19(18)30(28)22(29)25(16-8-3-1-4-9-16)20-21(24-15-14-23-20)26(22)17-10-5-2-6-11-17/h1-6,8-15H,7H2. The molecule has 2 aromatic carbocycles. The zero-order valence-corrected chi connectivity index (χ0v) is 17.3. The molecular weight excluding hydrogens is 416 g/mol. The number of nitrogens with zero attached hydrogens (tertiary/aromatic N) is 4. The second-order valence-corrected chi connectivity index (χ2v) is 10.4. The van der Waals surface area contributed by atoms with Gasteiger partial charge in [-0.25, -0.2) is 19.8 Å². The lowest BCUT2D eigenvalue weighted by molar-refractivity contribution is 0.556. The molecule has 6 rings (SSSR count). The molecule has 0 saturated carbocycles. The first kappa shape index (κ1) is 18.0. The molecule has 6 nitrogen and oxygen atoms in total. The minimum absolute atomic E-state index is 0.537. The first-order valence-electron chi connectivity index (χ1n) is 9.50. The maximum Gasteiger partial charge on any atom is 0.455 e. The molecule has 0 N–H and O–H groups in total. The fraction of sp³-hybridized carbons (Fsp3) is 0.0909. The minimum Gasteiger partial charge on any atom is -0.604 e. The molecule has 30 heavy (non-hydrogen) atoms. The topological polar surface area (TPSA) is 78.4 Å². The minimum atomic E-state index is -1.62. The largest absolute Gasteiger partial charge is 0.604 e. The molecule has 1 aromatic heterocycles. The van der Waals surface area contributed by atoms with E-state index in [0.717, 1.165) is 11.4 Å². The summed E-state index contributed by atoms with van der Waals surface area (Å²) in [4.78, 5) is 14.1. The van der Waals surface area contributed by atoms with Gasteiger partial charge in [0.15, 0.2) is 11.6 Å². The SMILES string of the molecule is [O-][S+]1C2=CCC=C2[S+]([O-])C12N(c1ccccc1)c1nccnc1N2c1ccccc1. The van der Waals surface area contributed by atoms with Crippen molar-refractivity contribution in [3.8, 4) is 0 Å². The third kappa shape index (κ3) is 2.19. The van der Waals surface area contributed by atoms with Crippen LogP contribution in [0.15, 0.2) is 95.0 Å². The van der Waals surface area contributed by atoms with Crippen LogP contribution in [-0.4, -0.2) is 23.4 Å². The molecule has 1 saturated heterocycles. The Morgan fingerprint density at radius 2 is 1.13 bits per heavy atom. The fourth-order valence-corrected chi connectivity index (χ4v) is 8.80. The number of hydrogen-bond donors (Lipinski definition) is 0. The van der Waals surface area contributed by atoms with Gasteiger partial charge in [-0.15, -0.1) is 0 Å². The van der Waals surface area contributed by atoms with Crippen molar-refractivity contribution in [1.29, 1.82) is 0 Å². The lowest BCUT2D eigenvalue weighted by Gasteiger charge is -2.37. The molecule has 8 heteroatoms. The van der Waals surface area contributed by atoms with Crippen LogP contribution in [0.1, 0.15) is 6.42 Å². The van der Waals surface area contributed by atoms with Gasteiger partial charge in [0.2, 0.25) is 9.81 Å². The Morgan fingerprint density at radius 1 is 0.700 bits per heavy atom. The molecule has 2 unspecified atom stereocenters. The molecule has 148 valence electrons. The van der Waals surface area contributed by atoms with Crippen LogP contribution in [0, 0.1) is 0 Å². The lowest BCUT2D eigenvalue weighted by atomic mass is 10.3. The smallest absolute Gasteiger partial charge is 0.455 e. The molecule has 0 radical (unpaired) electrons. The van der Waals surface area contributed by atoms with Crippen LogP contribution in [0.3, 0.4) is 0 Å². The highest BCUT2D eigenvalue weighted by atomic mass is 32.3. The van der Waals surface area contributed by atoms with E-state index in [2.05, 4.69) is 9.97 Å². The summed E-state index contributed by atoms with van der Waals surface area (Å²) in [5.41, 5.74) is 1.53. The Hall–Kier alpha value is -2.78. The van der Waals surface area contributed by atoms with Gasteiger partial charge in [-0.2, -0.15) is 0 Å². The van der Waals surface area contributed by atoms with Gasteiger partial charge in [0, 0.05) is 12.4 Å². The van der Waals surface area contributed by atoms with Crippen LogP contribution in [0.25, 0.3) is 0 Å². The summed E-state index contributed by atoms with van der Waals surface area (Å²) in [6, 6.07) is 19.1. The van der Waals surface area contributed by atoms with Crippen molar-refractivity contribution in [3.63, 3.8) is 0 Å². The van der Waals surface area contributed by atoms with Crippen LogP contribution >= 0.6 is 0 Å². The van der Waals surface area contributed by atoms with Crippen molar-refractivity contribution in [2.45, 2.75) is 10.7 Å². The summed E-state index contributed by atoms with van der Waals surface area (Å²) in [6.45, 7) is 0. The molecule has 0 amide bonds. The Labute approximate surface area is 179 Å². The van der Waals surface area contributed by atoms with E-state index < -0.39 is 26.7 Å². The van der Waals surface area contributed by atoms with Crippen molar-refractivity contribution in [1.82, 2.24) is 9.97 Å². The van der Waals surface area contributed by atoms with Crippen molar-refractivity contribution >= 4 is 45.4 Å². The number of allylic oxidation sites excluding steroid dienone is 2. The third-order valence-electron chi connectivity index (χ3n) is 5.41. The van der Waals surface area contributed by atoms with E-state index in [9.17, 15) is 9.11 Å². The van der Waals surface area contributed by atoms with E-state index in [-0.39, 0.29) is 0 Å². The van der Waals surface area contributed by atoms with E-state index in [4.69, 9.17) is 0 Å². The van der Waals surface area contributed by atoms with Gasteiger partial charge in [0.25, 0.3) is 0 Å².